The van der Waals surface area contributed by atoms with Crippen LogP contribution in [0.2, 0.25) is 0 Å². The minimum atomic E-state index is -4.35. The van der Waals surface area contributed by atoms with Gasteiger partial charge < -0.3 is 5.32 Å². The maximum atomic E-state index is 10.4. The van der Waals surface area contributed by atoms with Crippen molar-refractivity contribution >= 4 is 10.4 Å². The summed E-state index contributed by atoms with van der Waals surface area (Å²) in [4.78, 5) is 0. The molecule has 5 nitrogen and oxygen atoms in total. The zero-order valence-electron chi connectivity index (χ0n) is 9.67. The molecule has 6 heteroatoms. The number of rotatable bonds is 7. The van der Waals surface area contributed by atoms with Gasteiger partial charge in [-0.3, -0.25) is 4.55 Å². The minimum Gasteiger partial charge on any atom is -0.308 e. The van der Waals surface area contributed by atoms with Gasteiger partial charge in [0, 0.05) is 12.6 Å². The Labute approximate surface area is 102 Å². The normalized spacial score (nSPS) is 13.5. The van der Waals surface area contributed by atoms with E-state index in [-0.39, 0.29) is 12.6 Å². The Balaban J connectivity index is 2.38. The van der Waals surface area contributed by atoms with Gasteiger partial charge in [-0.15, -0.1) is 0 Å². The lowest BCUT2D eigenvalue weighted by atomic mass is 10.2. The molecule has 0 fully saturated rings. The Hall–Kier alpha value is -0.950. The van der Waals surface area contributed by atoms with Gasteiger partial charge in [0.1, 0.15) is 0 Å². The standard InChI is InChI=1S/C11H17NO4S/c1-2-11(9-16-17(13,14)15)12-8-10-6-4-3-5-7-10/h3-7,11-12H,2,8-9H2,1H3,(H,13,14,15)/t11-/m0/s1. The third kappa shape index (κ3) is 6.38. The monoisotopic (exact) mass is 259 g/mol. The van der Waals surface area contributed by atoms with E-state index < -0.39 is 10.4 Å². The summed E-state index contributed by atoms with van der Waals surface area (Å²) in [5.41, 5.74) is 1.11. The second-order valence-corrected chi connectivity index (χ2v) is 4.78. The zero-order valence-corrected chi connectivity index (χ0v) is 10.5. The van der Waals surface area contributed by atoms with Gasteiger partial charge in [-0.1, -0.05) is 37.3 Å². The Morgan fingerprint density at radius 3 is 2.53 bits per heavy atom. The topological polar surface area (TPSA) is 75.6 Å². The SMILES string of the molecule is CC[C@@H](COS(=O)(=O)O)NCc1ccccc1. The molecule has 17 heavy (non-hydrogen) atoms. The van der Waals surface area contributed by atoms with Crippen molar-refractivity contribution in [2.75, 3.05) is 6.61 Å². The van der Waals surface area contributed by atoms with Crippen LogP contribution in [0.1, 0.15) is 18.9 Å². The van der Waals surface area contributed by atoms with Crippen LogP contribution in [0.4, 0.5) is 0 Å². The third-order valence-electron chi connectivity index (χ3n) is 2.35. The molecule has 0 heterocycles. The van der Waals surface area contributed by atoms with Gasteiger partial charge in [-0.05, 0) is 12.0 Å². The molecule has 1 aromatic rings. The average Bonchev–Trinajstić information content (AvgIpc) is 2.29. The van der Waals surface area contributed by atoms with Gasteiger partial charge >= 0.3 is 10.4 Å². The Morgan fingerprint density at radius 1 is 1.35 bits per heavy atom. The molecule has 0 aliphatic heterocycles. The summed E-state index contributed by atoms with van der Waals surface area (Å²) in [6, 6.07) is 9.64. The van der Waals surface area contributed by atoms with E-state index in [4.69, 9.17) is 4.55 Å². The van der Waals surface area contributed by atoms with Crippen LogP contribution in [0.15, 0.2) is 30.3 Å². The van der Waals surface area contributed by atoms with Crippen molar-refractivity contribution < 1.29 is 17.2 Å². The molecular weight excluding hydrogens is 242 g/mol. The van der Waals surface area contributed by atoms with Crippen LogP contribution in [0.3, 0.4) is 0 Å². The van der Waals surface area contributed by atoms with Gasteiger partial charge in [0.25, 0.3) is 0 Å². The zero-order chi connectivity index (χ0) is 12.7. The maximum absolute atomic E-state index is 10.4. The molecule has 0 aliphatic carbocycles. The van der Waals surface area contributed by atoms with E-state index in [0.29, 0.717) is 13.0 Å². The van der Waals surface area contributed by atoms with E-state index in [1.807, 2.05) is 37.3 Å². The van der Waals surface area contributed by atoms with Crippen LogP contribution >= 0.6 is 0 Å². The van der Waals surface area contributed by atoms with Crippen molar-refractivity contribution in [1.82, 2.24) is 5.32 Å². The molecule has 0 radical (unpaired) electrons. The van der Waals surface area contributed by atoms with E-state index >= 15 is 0 Å². The molecule has 0 bridgehead atoms. The highest BCUT2D eigenvalue weighted by atomic mass is 32.3. The predicted molar refractivity (Wildman–Crippen MR) is 64.9 cm³/mol. The van der Waals surface area contributed by atoms with Gasteiger partial charge in [0.15, 0.2) is 0 Å². The fraction of sp³-hybridized carbons (Fsp3) is 0.455. The molecule has 0 saturated heterocycles. The lowest BCUT2D eigenvalue weighted by molar-refractivity contribution is 0.231. The molecule has 0 aromatic heterocycles. The number of hydrogen-bond donors (Lipinski definition) is 2. The number of hydrogen-bond acceptors (Lipinski definition) is 4. The smallest absolute Gasteiger partial charge is 0.308 e. The lowest BCUT2D eigenvalue weighted by Crippen LogP contribution is -2.33. The summed E-state index contributed by atoms with van der Waals surface area (Å²) in [6.45, 7) is 2.48. The highest BCUT2D eigenvalue weighted by Gasteiger charge is 2.11. The van der Waals surface area contributed by atoms with E-state index in [2.05, 4.69) is 9.50 Å². The highest BCUT2D eigenvalue weighted by molar-refractivity contribution is 7.80. The van der Waals surface area contributed by atoms with Crippen molar-refractivity contribution in [2.24, 2.45) is 0 Å². The van der Waals surface area contributed by atoms with Crippen LogP contribution in [0.25, 0.3) is 0 Å². The minimum absolute atomic E-state index is 0.0673. The fourth-order valence-corrected chi connectivity index (χ4v) is 1.68. The first-order valence-corrected chi connectivity index (χ1v) is 6.77. The molecule has 96 valence electrons. The van der Waals surface area contributed by atoms with E-state index in [1.54, 1.807) is 0 Å². The lowest BCUT2D eigenvalue weighted by Gasteiger charge is -2.15. The van der Waals surface area contributed by atoms with Crippen LogP contribution in [0, 0.1) is 0 Å². The molecule has 2 N–H and O–H groups in total. The molecule has 0 spiro atoms. The van der Waals surface area contributed by atoms with Crippen molar-refractivity contribution in [3.8, 4) is 0 Å². The van der Waals surface area contributed by atoms with Gasteiger partial charge in [-0.25, -0.2) is 4.18 Å². The first-order chi connectivity index (χ1) is 8.01. The summed E-state index contributed by atoms with van der Waals surface area (Å²) >= 11 is 0. The average molecular weight is 259 g/mol. The second-order valence-electron chi connectivity index (χ2n) is 3.68. The summed E-state index contributed by atoms with van der Waals surface area (Å²) in [5.74, 6) is 0. The van der Waals surface area contributed by atoms with Crippen LogP contribution in [0.5, 0.6) is 0 Å². The highest BCUT2D eigenvalue weighted by Crippen LogP contribution is 2.01. The quantitative estimate of drug-likeness (QED) is 0.723. The van der Waals surface area contributed by atoms with Gasteiger partial charge in [-0.2, -0.15) is 8.42 Å². The molecule has 0 aliphatic rings. The number of benzene rings is 1. The largest absolute Gasteiger partial charge is 0.397 e. The summed E-state index contributed by atoms with van der Waals surface area (Å²) in [6.07, 6.45) is 0.711. The van der Waals surface area contributed by atoms with Crippen molar-refractivity contribution in [2.45, 2.75) is 25.9 Å². The first-order valence-electron chi connectivity index (χ1n) is 5.40. The Kier molecular flexibility index (Phi) is 5.57. The second kappa shape index (κ2) is 6.70. The predicted octanol–water partition coefficient (Wildman–Crippen LogP) is 1.37. The molecule has 0 unspecified atom stereocenters. The molecule has 1 atom stereocenters. The van der Waals surface area contributed by atoms with Gasteiger partial charge in [0.05, 0.1) is 6.61 Å². The number of nitrogens with one attached hydrogen (secondary N) is 1. The van der Waals surface area contributed by atoms with Crippen molar-refractivity contribution in [3.63, 3.8) is 0 Å². The summed E-state index contributed by atoms with van der Waals surface area (Å²) in [7, 11) is -4.35. The molecular formula is C11H17NO4S. The van der Waals surface area contributed by atoms with E-state index in [1.165, 1.54) is 0 Å². The third-order valence-corrected chi connectivity index (χ3v) is 2.78. The summed E-state index contributed by atoms with van der Waals surface area (Å²) in [5, 5.41) is 3.16. The summed E-state index contributed by atoms with van der Waals surface area (Å²) < 4.78 is 33.7. The maximum Gasteiger partial charge on any atom is 0.397 e. The van der Waals surface area contributed by atoms with Crippen LogP contribution in [-0.4, -0.2) is 25.6 Å². The van der Waals surface area contributed by atoms with Gasteiger partial charge in [0.2, 0.25) is 0 Å². The van der Waals surface area contributed by atoms with E-state index in [9.17, 15) is 8.42 Å². The molecule has 1 rings (SSSR count). The van der Waals surface area contributed by atoms with E-state index in [0.717, 1.165) is 5.56 Å². The Morgan fingerprint density at radius 2 is 2.00 bits per heavy atom. The molecule has 0 amide bonds. The van der Waals surface area contributed by atoms with Crippen LogP contribution < -0.4 is 5.32 Å². The van der Waals surface area contributed by atoms with Crippen molar-refractivity contribution in [3.05, 3.63) is 35.9 Å². The molecule has 1 aromatic carbocycles. The Bertz CT molecular complexity index is 418. The first kappa shape index (κ1) is 14.1. The van der Waals surface area contributed by atoms with Crippen molar-refractivity contribution in [1.29, 1.82) is 0 Å². The molecule has 0 saturated carbocycles. The van der Waals surface area contributed by atoms with Crippen LogP contribution in [-0.2, 0) is 21.1 Å². The fourth-order valence-electron chi connectivity index (χ4n) is 1.35.